The number of benzene rings is 1. The Morgan fingerprint density at radius 3 is 2.61 bits per heavy atom. The molecule has 0 bridgehead atoms. The zero-order chi connectivity index (χ0) is 20.3. The number of hydrogen-bond donors (Lipinski definition) is 2. The van der Waals surface area contributed by atoms with Gasteiger partial charge in [0.15, 0.2) is 0 Å². The van der Waals surface area contributed by atoms with Gasteiger partial charge in [0.05, 0.1) is 5.56 Å². The highest BCUT2D eigenvalue weighted by atomic mass is 19.1. The number of nitrogens with zero attached hydrogens (tertiary/aromatic N) is 2. The fourth-order valence-corrected chi connectivity index (χ4v) is 3.49. The molecule has 1 aromatic carbocycles. The molecule has 1 aliphatic rings. The summed E-state index contributed by atoms with van der Waals surface area (Å²) in [7, 11) is 0. The van der Waals surface area contributed by atoms with Gasteiger partial charge < -0.3 is 11.1 Å². The Bertz CT molecular complexity index is 853. The molecule has 1 saturated heterocycles. The molecule has 3 rings (SSSR count). The number of rotatable bonds is 6. The van der Waals surface area contributed by atoms with Crippen molar-refractivity contribution in [3.63, 3.8) is 0 Å². The van der Waals surface area contributed by atoms with Crippen LogP contribution in [-0.4, -0.2) is 41.3 Å². The molecule has 2 unspecified atom stereocenters. The van der Waals surface area contributed by atoms with Crippen molar-refractivity contribution in [2.75, 3.05) is 19.6 Å². The second-order valence-electron chi connectivity index (χ2n) is 6.97. The van der Waals surface area contributed by atoms with Crippen LogP contribution in [0.2, 0.25) is 0 Å². The Morgan fingerprint density at radius 1 is 1.29 bits per heavy atom. The number of halogens is 2. The van der Waals surface area contributed by atoms with Crippen molar-refractivity contribution in [1.82, 2.24) is 15.2 Å². The van der Waals surface area contributed by atoms with Gasteiger partial charge in [0.25, 0.3) is 11.8 Å². The third-order valence-electron chi connectivity index (χ3n) is 5.11. The predicted octanol–water partition coefficient (Wildman–Crippen LogP) is 2.27. The Kier molecular flexibility index (Phi) is 5.99. The predicted molar refractivity (Wildman–Crippen MR) is 99.5 cm³/mol. The average molecular weight is 388 g/mol. The van der Waals surface area contributed by atoms with Crippen LogP contribution in [0.3, 0.4) is 0 Å². The quantitative estimate of drug-likeness (QED) is 0.795. The van der Waals surface area contributed by atoms with Crippen LogP contribution in [0.5, 0.6) is 0 Å². The van der Waals surface area contributed by atoms with E-state index in [0.717, 1.165) is 6.42 Å². The fraction of sp³-hybridized carbons (Fsp3) is 0.350. The molecule has 1 aliphatic heterocycles. The smallest absolute Gasteiger partial charge is 0.267 e. The summed E-state index contributed by atoms with van der Waals surface area (Å²) in [4.78, 5) is 29.1. The lowest BCUT2D eigenvalue weighted by atomic mass is 10.1. The van der Waals surface area contributed by atoms with Gasteiger partial charge in [-0.15, -0.1) is 0 Å². The summed E-state index contributed by atoms with van der Waals surface area (Å²) in [5.74, 6) is -1.86. The SMILES string of the molecule is CC(c1c(F)cccc1F)N1CCC(CNC(=O)c2ccc(C(N)=O)nc2)C1. The van der Waals surface area contributed by atoms with Crippen molar-refractivity contribution in [1.29, 1.82) is 0 Å². The highest BCUT2D eigenvalue weighted by Crippen LogP contribution is 2.30. The summed E-state index contributed by atoms with van der Waals surface area (Å²) < 4.78 is 28.0. The zero-order valence-electron chi connectivity index (χ0n) is 15.5. The first-order valence-electron chi connectivity index (χ1n) is 9.09. The van der Waals surface area contributed by atoms with E-state index in [4.69, 9.17) is 5.73 Å². The van der Waals surface area contributed by atoms with Gasteiger partial charge in [0.2, 0.25) is 0 Å². The second-order valence-corrected chi connectivity index (χ2v) is 6.97. The third kappa shape index (κ3) is 4.33. The van der Waals surface area contributed by atoms with Crippen LogP contribution in [0.1, 0.15) is 45.8 Å². The molecule has 2 heterocycles. The van der Waals surface area contributed by atoms with E-state index in [1.165, 1.54) is 36.5 Å². The summed E-state index contributed by atoms with van der Waals surface area (Å²) >= 11 is 0. The van der Waals surface area contributed by atoms with Crippen LogP contribution >= 0.6 is 0 Å². The Morgan fingerprint density at radius 2 is 2.00 bits per heavy atom. The van der Waals surface area contributed by atoms with E-state index in [9.17, 15) is 18.4 Å². The van der Waals surface area contributed by atoms with Gasteiger partial charge >= 0.3 is 0 Å². The van der Waals surface area contributed by atoms with Crippen LogP contribution in [0.15, 0.2) is 36.5 Å². The second kappa shape index (κ2) is 8.43. The standard InChI is InChI=1S/C20H22F2N4O2/c1-12(18-15(21)3-2-4-16(18)22)26-8-7-13(11-26)9-25-20(28)14-5-6-17(19(23)27)24-10-14/h2-6,10,12-13H,7-9,11H2,1H3,(H2,23,27)(H,25,28). The molecule has 0 saturated carbocycles. The highest BCUT2D eigenvalue weighted by Gasteiger charge is 2.29. The lowest BCUT2D eigenvalue weighted by Gasteiger charge is -2.25. The number of aromatic nitrogens is 1. The van der Waals surface area contributed by atoms with Crippen LogP contribution in [-0.2, 0) is 0 Å². The lowest BCUT2D eigenvalue weighted by Crippen LogP contribution is -2.32. The molecule has 6 nitrogen and oxygen atoms in total. The first-order valence-corrected chi connectivity index (χ1v) is 9.09. The van der Waals surface area contributed by atoms with Crippen molar-refractivity contribution in [3.8, 4) is 0 Å². The van der Waals surface area contributed by atoms with E-state index in [1.807, 2.05) is 4.90 Å². The van der Waals surface area contributed by atoms with Crippen LogP contribution in [0.4, 0.5) is 8.78 Å². The van der Waals surface area contributed by atoms with Crippen molar-refractivity contribution in [2.24, 2.45) is 11.7 Å². The van der Waals surface area contributed by atoms with Gasteiger partial charge in [-0.05, 0) is 50.1 Å². The number of hydrogen-bond acceptors (Lipinski definition) is 4. The van der Waals surface area contributed by atoms with Crippen LogP contribution in [0, 0.1) is 17.6 Å². The summed E-state index contributed by atoms with van der Waals surface area (Å²) in [6.07, 6.45) is 2.12. The molecule has 1 fully saturated rings. The molecular weight excluding hydrogens is 366 g/mol. The van der Waals surface area contributed by atoms with Crippen molar-refractivity contribution in [3.05, 3.63) is 65.0 Å². The molecule has 2 amide bonds. The van der Waals surface area contributed by atoms with Gasteiger partial charge in [-0.1, -0.05) is 6.07 Å². The van der Waals surface area contributed by atoms with E-state index in [-0.39, 0.29) is 29.1 Å². The number of carbonyl (C=O) groups excluding carboxylic acids is 2. The van der Waals surface area contributed by atoms with Gasteiger partial charge in [-0.2, -0.15) is 0 Å². The Balaban J connectivity index is 1.54. The molecule has 2 atom stereocenters. The summed E-state index contributed by atoms with van der Waals surface area (Å²) in [6.45, 7) is 3.56. The number of nitrogens with two attached hydrogens (primary N) is 1. The van der Waals surface area contributed by atoms with Gasteiger partial charge in [-0.3, -0.25) is 19.5 Å². The number of likely N-dealkylation sites (tertiary alicyclic amines) is 1. The normalized spacial score (nSPS) is 18.0. The largest absolute Gasteiger partial charge is 0.364 e. The molecule has 0 radical (unpaired) electrons. The lowest BCUT2D eigenvalue weighted by molar-refractivity contribution is 0.0943. The molecule has 2 aromatic rings. The molecule has 3 N–H and O–H groups in total. The third-order valence-corrected chi connectivity index (χ3v) is 5.11. The van der Waals surface area contributed by atoms with Gasteiger partial charge in [-0.25, -0.2) is 8.78 Å². The molecular formula is C20H22F2N4O2. The topological polar surface area (TPSA) is 88.3 Å². The number of primary amides is 1. The average Bonchev–Trinajstić information content (AvgIpc) is 3.15. The fourth-order valence-electron chi connectivity index (χ4n) is 3.49. The maximum Gasteiger partial charge on any atom is 0.267 e. The monoisotopic (exact) mass is 388 g/mol. The van der Waals surface area contributed by atoms with Crippen molar-refractivity contribution in [2.45, 2.75) is 19.4 Å². The summed E-state index contributed by atoms with van der Waals surface area (Å²) in [5.41, 5.74) is 5.63. The first-order chi connectivity index (χ1) is 13.4. The number of amides is 2. The molecule has 28 heavy (non-hydrogen) atoms. The Labute approximate surface area is 161 Å². The number of carbonyl (C=O) groups is 2. The molecule has 8 heteroatoms. The van der Waals surface area contributed by atoms with E-state index in [2.05, 4.69) is 10.3 Å². The number of pyridine rings is 1. The zero-order valence-corrected chi connectivity index (χ0v) is 15.5. The first kappa shape index (κ1) is 19.9. The van der Waals surface area contributed by atoms with Gasteiger partial charge in [0, 0.05) is 30.9 Å². The minimum absolute atomic E-state index is 0.0767. The minimum Gasteiger partial charge on any atom is -0.364 e. The highest BCUT2D eigenvalue weighted by molar-refractivity contribution is 5.95. The van der Waals surface area contributed by atoms with E-state index in [0.29, 0.717) is 25.2 Å². The van der Waals surface area contributed by atoms with E-state index in [1.54, 1.807) is 6.92 Å². The molecule has 0 spiro atoms. The Hall–Kier alpha value is -2.87. The van der Waals surface area contributed by atoms with Crippen LogP contribution < -0.4 is 11.1 Å². The molecule has 1 aromatic heterocycles. The maximum absolute atomic E-state index is 14.0. The van der Waals surface area contributed by atoms with Crippen LogP contribution in [0.25, 0.3) is 0 Å². The summed E-state index contributed by atoms with van der Waals surface area (Å²) in [6, 6.07) is 6.40. The van der Waals surface area contributed by atoms with E-state index >= 15 is 0 Å². The number of nitrogens with one attached hydrogen (secondary N) is 1. The molecule has 0 aliphatic carbocycles. The van der Waals surface area contributed by atoms with Gasteiger partial charge in [0.1, 0.15) is 17.3 Å². The minimum atomic E-state index is -0.654. The van der Waals surface area contributed by atoms with E-state index < -0.39 is 17.5 Å². The molecule has 148 valence electrons. The summed E-state index contributed by atoms with van der Waals surface area (Å²) in [5, 5.41) is 2.84. The van der Waals surface area contributed by atoms with Crippen molar-refractivity contribution < 1.29 is 18.4 Å². The maximum atomic E-state index is 14.0. The van der Waals surface area contributed by atoms with Crippen molar-refractivity contribution >= 4 is 11.8 Å².